The fourth-order valence-corrected chi connectivity index (χ4v) is 2.36. The zero-order valence-electron chi connectivity index (χ0n) is 12.5. The van der Waals surface area contributed by atoms with Gasteiger partial charge in [-0.15, -0.1) is 0 Å². The number of nitrogens with zero attached hydrogens (tertiary/aromatic N) is 1. The van der Waals surface area contributed by atoms with E-state index >= 15 is 0 Å². The lowest BCUT2D eigenvalue weighted by atomic mass is 10.1. The van der Waals surface area contributed by atoms with Gasteiger partial charge in [-0.3, -0.25) is 9.89 Å². The van der Waals surface area contributed by atoms with Crippen LogP contribution in [-0.2, 0) is 17.4 Å². The Bertz CT molecular complexity index is 706. The van der Waals surface area contributed by atoms with E-state index in [0.29, 0.717) is 6.42 Å². The lowest BCUT2D eigenvalue weighted by Gasteiger charge is -2.11. The highest BCUT2D eigenvalue weighted by molar-refractivity contribution is 6.33. The number of carbonyl (C=O) groups is 1. The molecule has 1 heterocycles. The van der Waals surface area contributed by atoms with E-state index in [1.165, 1.54) is 0 Å². The zero-order valence-corrected chi connectivity index (χ0v) is 13.3. The summed E-state index contributed by atoms with van der Waals surface area (Å²) < 4.78 is 38.1. The quantitative estimate of drug-likeness (QED) is 0.869. The fourth-order valence-electron chi connectivity index (χ4n) is 2.19. The van der Waals surface area contributed by atoms with Crippen molar-refractivity contribution in [1.82, 2.24) is 10.2 Å². The van der Waals surface area contributed by atoms with Gasteiger partial charge in [0, 0.05) is 12.1 Å². The van der Waals surface area contributed by atoms with Gasteiger partial charge < -0.3 is 5.32 Å². The SMILES string of the molecule is Cc1n[nH]c(C)c1CCC(=O)Nc1cc(C(F)(F)F)ccc1Cl. The van der Waals surface area contributed by atoms with Gasteiger partial charge in [0.1, 0.15) is 0 Å². The van der Waals surface area contributed by atoms with Gasteiger partial charge >= 0.3 is 6.18 Å². The third-order valence-corrected chi connectivity index (χ3v) is 3.78. The second kappa shape index (κ2) is 6.62. The second-order valence-electron chi connectivity index (χ2n) is 5.15. The highest BCUT2D eigenvalue weighted by Crippen LogP contribution is 2.33. The van der Waals surface area contributed by atoms with E-state index in [9.17, 15) is 18.0 Å². The van der Waals surface area contributed by atoms with Gasteiger partial charge in [-0.05, 0) is 44.0 Å². The van der Waals surface area contributed by atoms with Crippen LogP contribution in [-0.4, -0.2) is 16.1 Å². The van der Waals surface area contributed by atoms with Gasteiger partial charge in [0.2, 0.25) is 5.91 Å². The van der Waals surface area contributed by atoms with Crippen molar-refractivity contribution in [3.8, 4) is 0 Å². The largest absolute Gasteiger partial charge is 0.416 e. The van der Waals surface area contributed by atoms with Crippen LogP contribution in [0.25, 0.3) is 0 Å². The molecule has 0 saturated heterocycles. The summed E-state index contributed by atoms with van der Waals surface area (Å²) in [5, 5.41) is 9.32. The molecule has 2 N–H and O–H groups in total. The molecule has 4 nitrogen and oxygen atoms in total. The first-order valence-corrected chi connectivity index (χ1v) is 7.23. The molecule has 1 aromatic heterocycles. The normalized spacial score (nSPS) is 11.6. The number of alkyl halides is 3. The smallest absolute Gasteiger partial charge is 0.325 e. The fraction of sp³-hybridized carbons (Fsp3) is 0.333. The number of carbonyl (C=O) groups excluding carboxylic acids is 1. The van der Waals surface area contributed by atoms with Crippen molar-refractivity contribution < 1.29 is 18.0 Å². The molecule has 0 aliphatic rings. The van der Waals surface area contributed by atoms with E-state index in [0.717, 1.165) is 35.2 Å². The van der Waals surface area contributed by atoms with Crippen LogP contribution < -0.4 is 5.32 Å². The lowest BCUT2D eigenvalue weighted by Crippen LogP contribution is -2.14. The molecular formula is C15H15ClF3N3O. The highest BCUT2D eigenvalue weighted by Gasteiger charge is 2.31. The van der Waals surface area contributed by atoms with Crippen molar-refractivity contribution in [3.63, 3.8) is 0 Å². The number of anilines is 1. The summed E-state index contributed by atoms with van der Waals surface area (Å²) in [5.41, 5.74) is 1.68. The number of nitrogens with one attached hydrogen (secondary N) is 2. The Morgan fingerprint density at radius 3 is 2.61 bits per heavy atom. The van der Waals surface area contributed by atoms with Crippen LogP contribution in [0.5, 0.6) is 0 Å². The Morgan fingerprint density at radius 1 is 1.35 bits per heavy atom. The lowest BCUT2D eigenvalue weighted by molar-refractivity contribution is -0.137. The molecule has 0 spiro atoms. The van der Waals surface area contributed by atoms with Crippen molar-refractivity contribution in [1.29, 1.82) is 0 Å². The molecule has 1 amide bonds. The first-order chi connectivity index (χ1) is 10.7. The van der Waals surface area contributed by atoms with E-state index in [4.69, 9.17) is 11.6 Å². The number of aromatic nitrogens is 2. The molecule has 0 atom stereocenters. The van der Waals surface area contributed by atoms with Crippen molar-refractivity contribution in [3.05, 3.63) is 45.7 Å². The summed E-state index contributed by atoms with van der Waals surface area (Å²) in [6.45, 7) is 3.66. The van der Waals surface area contributed by atoms with Gasteiger partial charge in [-0.1, -0.05) is 11.6 Å². The second-order valence-corrected chi connectivity index (χ2v) is 5.56. The predicted octanol–water partition coefficient (Wildman–Crippen LogP) is 4.27. The number of benzene rings is 1. The average molecular weight is 346 g/mol. The summed E-state index contributed by atoms with van der Waals surface area (Å²) in [6, 6.07) is 2.81. The van der Waals surface area contributed by atoms with Crippen molar-refractivity contribution in [2.24, 2.45) is 0 Å². The van der Waals surface area contributed by atoms with Crippen molar-refractivity contribution in [2.45, 2.75) is 32.9 Å². The third kappa shape index (κ3) is 4.25. The minimum Gasteiger partial charge on any atom is -0.325 e. The molecule has 2 rings (SSSR count). The summed E-state index contributed by atoms with van der Waals surface area (Å²) in [5.74, 6) is -0.411. The van der Waals surface area contributed by atoms with Gasteiger partial charge in [-0.25, -0.2) is 0 Å². The molecule has 0 radical (unpaired) electrons. The van der Waals surface area contributed by atoms with E-state index in [1.807, 2.05) is 13.8 Å². The van der Waals surface area contributed by atoms with E-state index in [2.05, 4.69) is 15.5 Å². The van der Waals surface area contributed by atoms with Crippen molar-refractivity contribution in [2.75, 3.05) is 5.32 Å². The Hall–Kier alpha value is -2.02. The van der Waals surface area contributed by atoms with Crippen LogP contribution >= 0.6 is 11.6 Å². The van der Waals surface area contributed by atoms with Gasteiger partial charge in [0.05, 0.1) is 22.0 Å². The van der Waals surface area contributed by atoms with Gasteiger partial charge in [0.25, 0.3) is 0 Å². The number of rotatable bonds is 4. The Morgan fingerprint density at radius 2 is 2.04 bits per heavy atom. The first kappa shape index (κ1) is 17.3. The molecule has 124 valence electrons. The molecule has 0 fully saturated rings. The number of hydrogen-bond donors (Lipinski definition) is 2. The van der Waals surface area contributed by atoms with Crippen LogP contribution in [0.2, 0.25) is 5.02 Å². The van der Waals surface area contributed by atoms with E-state index in [1.54, 1.807) is 0 Å². The van der Waals surface area contributed by atoms with Crippen LogP contribution in [0.1, 0.15) is 28.9 Å². The minimum atomic E-state index is -4.49. The Kier molecular flexibility index (Phi) is 4.99. The number of amides is 1. The van der Waals surface area contributed by atoms with Crippen LogP contribution in [0, 0.1) is 13.8 Å². The summed E-state index contributed by atoms with van der Waals surface area (Å²) >= 11 is 5.84. The topological polar surface area (TPSA) is 57.8 Å². The van der Waals surface area contributed by atoms with Gasteiger partial charge in [0.15, 0.2) is 0 Å². The monoisotopic (exact) mass is 345 g/mol. The number of aromatic amines is 1. The first-order valence-electron chi connectivity index (χ1n) is 6.85. The maximum atomic E-state index is 12.7. The molecule has 1 aromatic carbocycles. The van der Waals surface area contributed by atoms with Crippen molar-refractivity contribution >= 4 is 23.2 Å². The third-order valence-electron chi connectivity index (χ3n) is 3.45. The highest BCUT2D eigenvalue weighted by atomic mass is 35.5. The predicted molar refractivity (Wildman–Crippen MR) is 81.5 cm³/mol. The maximum absolute atomic E-state index is 12.7. The van der Waals surface area contributed by atoms with Crippen LogP contribution in [0.4, 0.5) is 18.9 Å². The molecule has 0 saturated carbocycles. The number of aryl methyl sites for hydroxylation is 2. The van der Waals surface area contributed by atoms with Gasteiger partial charge in [-0.2, -0.15) is 18.3 Å². The standard InChI is InChI=1S/C15H15ClF3N3O/c1-8-11(9(2)22-21-8)4-6-14(23)20-13-7-10(15(17,18)19)3-5-12(13)16/h3,5,7H,4,6H2,1-2H3,(H,20,23)(H,21,22). The minimum absolute atomic E-state index is 0.0490. The van der Waals surface area contributed by atoms with E-state index in [-0.39, 0.29) is 17.1 Å². The Labute approximate surface area is 136 Å². The number of hydrogen-bond acceptors (Lipinski definition) is 2. The molecule has 0 aliphatic carbocycles. The van der Waals surface area contributed by atoms with Crippen LogP contribution in [0.15, 0.2) is 18.2 Å². The molecule has 8 heteroatoms. The summed E-state index contributed by atoms with van der Waals surface area (Å²) in [4.78, 5) is 12.0. The average Bonchev–Trinajstić information content (AvgIpc) is 2.77. The molecule has 23 heavy (non-hydrogen) atoms. The Balaban J connectivity index is 2.06. The number of H-pyrrole nitrogens is 1. The molecule has 0 unspecified atom stereocenters. The van der Waals surface area contributed by atoms with Crippen LogP contribution in [0.3, 0.4) is 0 Å². The zero-order chi connectivity index (χ0) is 17.2. The molecule has 0 aliphatic heterocycles. The summed E-state index contributed by atoms with van der Waals surface area (Å²) in [6.07, 6.45) is -3.93. The molecule has 0 bridgehead atoms. The molecule has 2 aromatic rings. The van der Waals surface area contributed by atoms with E-state index < -0.39 is 17.6 Å². The maximum Gasteiger partial charge on any atom is 0.416 e. The molecular weight excluding hydrogens is 331 g/mol. The summed E-state index contributed by atoms with van der Waals surface area (Å²) in [7, 11) is 0. The number of halogens is 4.